The van der Waals surface area contributed by atoms with Gasteiger partial charge in [-0.25, -0.2) is 9.78 Å². The molecule has 26 heavy (non-hydrogen) atoms. The van der Waals surface area contributed by atoms with Gasteiger partial charge in [-0.05, 0) is 25.5 Å². The SMILES string of the molecule is CC(=O)NCCN(C(=O)c1cnc2ccc(C)cn2c1=O)C(C)C(=O)O. The maximum Gasteiger partial charge on any atom is 0.326 e. The lowest BCUT2D eigenvalue weighted by Gasteiger charge is -2.26. The Labute approximate surface area is 149 Å². The summed E-state index contributed by atoms with van der Waals surface area (Å²) in [6.45, 7) is 4.47. The number of carboxylic acid groups (broad SMARTS) is 1. The highest BCUT2D eigenvalue weighted by molar-refractivity contribution is 5.96. The second-order valence-corrected chi connectivity index (χ2v) is 5.91. The van der Waals surface area contributed by atoms with Gasteiger partial charge in [-0.15, -0.1) is 0 Å². The molecule has 2 aromatic heterocycles. The zero-order valence-electron chi connectivity index (χ0n) is 14.7. The van der Waals surface area contributed by atoms with Crippen molar-refractivity contribution in [2.45, 2.75) is 26.8 Å². The van der Waals surface area contributed by atoms with E-state index in [1.807, 2.05) is 0 Å². The summed E-state index contributed by atoms with van der Waals surface area (Å²) in [5.41, 5.74) is 0.385. The summed E-state index contributed by atoms with van der Waals surface area (Å²) in [5.74, 6) is -2.27. The van der Waals surface area contributed by atoms with Crippen molar-refractivity contribution in [1.82, 2.24) is 19.6 Å². The Morgan fingerprint density at radius 2 is 2.04 bits per heavy atom. The molecule has 0 aliphatic carbocycles. The Balaban J connectivity index is 2.42. The van der Waals surface area contributed by atoms with Gasteiger partial charge in [0.1, 0.15) is 17.3 Å². The van der Waals surface area contributed by atoms with Crippen LogP contribution in [0.5, 0.6) is 0 Å². The Morgan fingerprint density at radius 1 is 1.35 bits per heavy atom. The van der Waals surface area contributed by atoms with Gasteiger partial charge in [0.2, 0.25) is 5.91 Å². The number of aryl methyl sites for hydroxylation is 1. The molecule has 2 rings (SSSR count). The molecule has 2 N–H and O–H groups in total. The van der Waals surface area contributed by atoms with Crippen LogP contribution in [-0.4, -0.2) is 56.3 Å². The number of hydrogen-bond acceptors (Lipinski definition) is 5. The second kappa shape index (κ2) is 7.77. The van der Waals surface area contributed by atoms with Gasteiger partial charge in [-0.3, -0.25) is 18.8 Å². The van der Waals surface area contributed by atoms with Crippen LogP contribution in [0, 0.1) is 6.92 Å². The van der Waals surface area contributed by atoms with Crippen LogP contribution >= 0.6 is 0 Å². The fraction of sp³-hybridized carbons (Fsp3) is 0.353. The van der Waals surface area contributed by atoms with Crippen LogP contribution in [0.25, 0.3) is 5.65 Å². The smallest absolute Gasteiger partial charge is 0.326 e. The minimum Gasteiger partial charge on any atom is -0.480 e. The van der Waals surface area contributed by atoms with Crippen LogP contribution < -0.4 is 10.9 Å². The number of rotatable bonds is 6. The zero-order chi connectivity index (χ0) is 19.4. The van der Waals surface area contributed by atoms with E-state index in [1.54, 1.807) is 25.3 Å². The van der Waals surface area contributed by atoms with E-state index in [1.165, 1.54) is 18.2 Å². The van der Waals surface area contributed by atoms with Gasteiger partial charge in [0.15, 0.2) is 0 Å². The van der Waals surface area contributed by atoms with E-state index in [9.17, 15) is 24.3 Å². The molecule has 2 aromatic rings. The van der Waals surface area contributed by atoms with E-state index in [0.29, 0.717) is 5.65 Å². The Kier molecular flexibility index (Phi) is 5.71. The third-order valence-corrected chi connectivity index (χ3v) is 3.89. The molecule has 0 bridgehead atoms. The topological polar surface area (TPSA) is 121 Å². The summed E-state index contributed by atoms with van der Waals surface area (Å²) < 4.78 is 1.25. The van der Waals surface area contributed by atoms with Gasteiger partial charge >= 0.3 is 5.97 Å². The number of hydrogen-bond donors (Lipinski definition) is 2. The Morgan fingerprint density at radius 3 is 2.65 bits per heavy atom. The minimum absolute atomic E-state index is 0.0537. The first-order valence-corrected chi connectivity index (χ1v) is 7.98. The predicted molar refractivity (Wildman–Crippen MR) is 93.0 cm³/mol. The summed E-state index contributed by atoms with van der Waals surface area (Å²) in [6.07, 6.45) is 2.71. The summed E-state index contributed by atoms with van der Waals surface area (Å²) >= 11 is 0. The van der Waals surface area contributed by atoms with Gasteiger partial charge in [0.05, 0.1) is 0 Å². The predicted octanol–water partition coefficient (Wildman–Crippen LogP) is 0.0543. The van der Waals surface area contributed by atoms with Crippen molar-refractivity contribution >= 4 is 23.4 Å². The van der Waals surface area contributed by atoms with Crippen molar-refractivity contribution in [2.75, 3.05) is 13.1 Å². The highest BCUT2D eigenvalue weighted by Crippen LogP contribution is 2.07. The first-order chi connectivity index (χ1) is 12.2. The molecule has 138 valence electrons. The number of nitrogens with zero attached hydrogens (tertiary/aromatic N) is 3. The molecular formula is C17H20N4O5. The lowest BCUT2D eigenvalue weighted by atomic mass is 10.2. The monoisotopic (exact) mass is 360 g/mol. The normalized spacial score (nSPS) is 11.8. The maximum atomic E-state index is 12.8. The summed E-state index contributed by atoms with van der Waals surface area (Å²) in [4.78, 5) is 52.9. The number of nitrogens with one attached hydrogen (secondary N) is 1. The summed E-state index contributed by atoms with van der Waals surface area (Å²) in [5, 5.41) is 11.8. The number of carbonyl (C=O) groups is 3. The molecular weight excluding hydrogens is 340 g/mol. The fourth-order valence-electron chi connectivity index (χ4n) is 2.44. The van der Waals surface area contributed by atoms with Gasteiger partial charge < -0.3 is 15.3 Å². The number of carboxylic acids is 1. The lowest BCUT2D eigenvalue weighted by molar-refractivity contribution is -0.141. The molecule has 0 spiro atoms. The van der Waals surface area contributed by atoms with E-state index in [2.05, 4.69) is 10.3 Å². The van der Waals surface area contributed by atoms with E-state index < -0.39 is 23.5 Å². The van der Waals surface area contributed by atoms with Crippen molar-refractivity contribution in [1.29, 1.82) is 0 Å². The molecule has 1 atom stereocenters. The maximum absolute atomic E-state index is 12.8. The zero-order valence-corrected chi connectivity index (χ0v) is 14.7. The van der Waals surface area contributed by atoms with Crippen LogP contribution in [0.15, 0.2) is 29.3 Å². The quantitative estimate of drug-likeness (QED) is 0.751. The Bertz CT molecular complexity index is 921. The molecule has 0 fully saturated rings. The van der Waals surface area contributed by atoms with Crippen molar-refractivity contribution < 1.29 is 19.5 Å². The van der Waals surface area contributed by atoms with Crippen LogP contribution in [0.1, 0.15) is 29.8 Å². The number of fused-ring (bicyclic) bond motifs is 1. The lowest BCUT2D eigenvalue weighted by Crippen LogP contribution is -2.48. The number of pyridine rings is 1. The molecule has 9 nitrogen and oxygen atoms in total. The van der Waals surface area contributed by atoms with Gasteiger partial charge in [0.25, 0.3) is 11.5 Å². The molecule has 2 amide bonds. The standard InChI is InChI=1S/C17H20N4O5/c1-10-4-5-14-19-8-13(16(24)21(14)9-10)15(23)20(11(2)17(25)26)7-6-18-12(3)22/h4-5,8-9,11H,6-7H2,1-3H3,(H,18,22)(H,25,26). The van der Waals surface area contributed by atoms with E-state index in [-0.39, 0.29) is 24.6 Å². The van der Waals surface area contributed by atoms with Crippen molar-refractivity contribution in [2.24, 2.45) is 0 Å². The number of carbonyl (C=O) groups excluding carboxylic acids is 2. The highest BCUT2D eigenvalue weighted by Gasteiger charge is 2.28. The average molecular weight is 360 g/mol. The molecule has 0 aliphatic rings. The van der Waals surface area contributed by atoms with Gasteiger partial charge in [0, 0.05) is 32.4 Å². The number of aromatic nitrogens is 2. The minimum atomic E-state index is -1.22. The van der Waals surface area contributed by atoms with Crippen LogP contribution in [0.3, 0.4) is 0 Å². The molecule has 9 heteroatoms. The summed E-state index contributed by atoms with van der Waals surface area (Å²) in [7, 11) is 0. The largest absolute Gasteiger partial charge is 0.480 e. The summed E-state index contributed by atoms with van der Waals surface area (Å²) in [6, 6.07) is 2.27. The van der Waals surface area contributed by atoms with Gasteiger partial charge in [-0.1, -0.05) is 6.07 Å². The highest BCUT2D eigenvalue weighted by atomic mass is 16.4. The molecule has 0 saturated carbocycles. The Hall–Kier alpha value is -3.23. The second-order valence-electron chi connectivity index (χ2n) is 5.91. The van der Waals surface area contributed by atoms with Gasteiger partial charge in [-0.2, -0.15) is 0 Å². The van der Waals surface area contributed by atoms with E-state index >= 15 is 0 Å². The molecule has 0 radical (unpaired) electrons. The van der Waals surface area contributed by atoms with E-state index in [4.69, 9.17) is 0 Å². The van der Waals surface area contributed by atoms with Crippen LogP contribution in [-0.2, 0) is 9.59 Å². The number of aliphatic carboxylic acids is 1. The molecule has 2 heterocycles. The third-order valence-electron chi connectivity index (χ3n) is 3.89. The van der Waals surface area contributed by atoms with Crippen molar-refractivity contribution in [3.05, 3.63) is 46.0 Å². The molecule has 1 unspecified atom stereocenters. The van der Waals surface area contributed by atoms with Crippen molar-refractivity contribution in [3.8, 4) is 0 Å². The number of amides is 2. The van der Waals surface area contributed by atoms with Crippen LogP contribution in [0.4, 0.5) is 0 Å². The molecule has 0 aliphatic heterocycles. The first kappa shape index (κ1) is 19.1. The molecule has 0 aromatic carbocycles. The van der Waals surface area contributed by atoms with E-state index in [0.717, 1.165) is 16.7 Å². The fourth-order valence-corrected chi connectivity index (χ4v) is 2.44. The third kappa shape index (κ3) is 4.05. The average Bonchev–Trinajstić information content (AvgIpc) is 2.58. The van der Waals surface area contributed by atoms with Crippen molar-refractivity contribution in [3.63, 3.8) is 0 Å². The molecule has 0 saturated heterocycles. The first-order valence-electron chi connectivity index (χ1n) is 7.98. The van der Waals surface area contributed by atoms with Crippen LogP contribution in [0.2, 0.25) is 0 Å².